The molecule has 1 aliphatic heterocycles. The lowest BCUT2D eigenvalue weighted by Gasteiger charge is -2.37. The molecule has 0 saturated carbocycles. The van der Waals surface area contributed by atoms with E-state index in [4.69, 9.17) is 19.9 Å². The van der Waals surface area contributed by atoms with Gasteiger partial charge in [-0.1, -0.05) is 0 Å². The van der Waals surface area contributed by atoms with Gasteiger partial charge in [0.1, 0.15) is 17.1 Å². The predicted octanol–water partition coefficient (Wildman–Crippen LogP) is 2.76. The lowest BCUT2D eigenvalue weighted by Crippen LogP contribution is -2.50. The molecule has 1 aromatic rings. The molecule has 6 nitrogen and oxygen atoms in total. The summed E-state index contributed by atoms with van der Waals surface area (Å²) >= 11 is 0. The fourth-order valence-electron chi connectivity index (χ4n) is 2.92. The highest BCUT2D eigenvalue weighted by atomic mass is 16.6. The SMILES string of the molecule is COc1cc(OC)cc([C@H]2C[C@H](N)CN(C(=O)OC(C)(C)C)C2)c1. The maximum absolute atomic E-state index is 12.4. The van der Waals surface area contributed by atoms with E-state index in [1.54, 1.807) is 19.1 Å². The van der Waals surface area contributed by atoms with Gasteiger partial charge in [0.25, 0.3) is 0 Å². The van der Waals surface area contributed by atoms with Crippen LogP contribution in [-0.4, -0.2) is 49.9 Å². The second-order valence-corrected chi connectivity index (χ2v) is 7.22. The maximum Gasteiger partial charge on any atom is 0.410 e. The molecule has 0 aliphatic carbocycles. The number of hydrogen-bond donors (Lipinski definition) is 1. The minimum atomic E-state index is -0.521. The fourth-order valence-corrected chi connectivity index (χ4v) is 2.92. The molecule has 2 atom stereocenters. The average molecular weight is 336 g/mol. The number of carbonyl (C=O) groups excluding carboxylic acids is 1. The van der Waals surface area contributed by atoms with E-state index in [-0.39, 0.29) is 18.1 Å². The van der Waals surface area contributed by atoms with Crippen molar-refractivity contribution in [1.82, 2.24) is 4.90 Å². The van der Waals surface area contributed by atoms with Crippen molar-refractivity contribution in [3.05, 3.63) is 23.8 Å². The lowest BCUT2D eigenvalue weighted by atomic mass is 9.88. The van der Waals surface area contributed by atoms with E-state index in [1.807, 2.05) is 39.0 Å². The zero-order valence-corrected chi connectivity index (χ0v) is 15.2. The van der Waals surface area contributed by atoms with Gasteiger partial charge in [-0.2, -0.15) is 0 Å². The summed E-state index contributed by atoms with van der Waals surface area (Å²) in [6, 6.07) is 5.68. The molecule has 0 aromatic heterocycles. The summed E-state index contributed by atoms with van der Waals surface area (Å²) in [6.07, 6.45) is 0.479. The second kappa shape index (κ2) is 7.30. The second-order valence-electron chi connectivity index (χ2n) is 7.22. The zero-order valence-electron chi connectivity index (χ0n) is 15.2. The quantitative estimate of drug-likeness (QED) is 0.919. The average Bonchev–Trinajstić information content (AvgIpc) is 2.52. The van der Waals surface area contributed by atoms with Crippen LogP contribution in [0, 0.1) is 0 Å². The van der Waals surface area contributed by atoms with E-state index in [0.717, 1.165) is 23.5 Å². The van der Waals surface area contributed by atoms with Gasteiger partial charge in [0.05, 0.1) is 14.2 Å². The summed E-state index contributed by atoms with van der Waals surface area (Å²) in [5.41, 5.74) is 6.71. The Morgan fingerprint density at radius 3 is 2.21 bits per heavy atom. The maximum atomic E-state index is 12.4. The number of nitrogens with two attached hydrogens (primary N) is 1. The topological polar surface area (TPSA) is 74.0 Å². The highest BCUT2D eigenvalue weighted by Crippen LogP contribution is 2.32. The number of ether oxygens (including phenoxy) is 3. The number of amides is 1. The summed E-state index contributed by atoms with van der Waals surface area (Å²) in [7, 11) is 3.25. The molecule has 0 radical (unpaired) electrons. The van der Waals surface area contributed by atoms with Gasteiger partial charge in [0, 0.05) is 31.1 Å². The first-order valence-electron chi connectivity index (χ1n) is 8.18. The van der Waals surface area contributed by atoms with E-state index in [2.05, 4.69) is 0 Å². The summed E-state index contributed by atoms with van der Waals surface area (Å²) < 4.78 is 16.2. The number of hydrogen-bond acceptors (Lipinski definition) is 5. The molecule has 1 fully saturated rings. The van der Waals surface area contributed by atoms with Gasteiger partial charge in [0.15, 0.2) is 0 Å². The third kappa shape index (κ3) is 4.77. The monoisotopic (exact) mass is 336 g/mol. The first kappa shape index (κ1) is 18.4. The first-order chi connectivity index (χ1) is 11.2. The van der Waals surface area contributed by atoms with E-state index < -0.39 is 5.60 Å². The standard InChI is InChI=1S/C18H28N2O4/c1-18(2,3)24-17(21)20-10-13(6-14(19)11-20)12-7-15(22-4)9-16(8-12)23-5/h7-9,13-14H,6,10-11,19H2,1-5H3/t13-,14-/m0/s1. The van der Waals surface area contributed by atoms with Gasteiger partial charge in [-0.25, -0.2) is 4.79 Å². The van der Waals surface area contributed by atoms with Gasteiger partial charge >= 0.3 is 6.09 Å². The third-order valence-electron chi connectivity index (χ3n) is 3.98. The van der Waals surface area contributed by atoms with E-state index >= 15 is 0 Å². The number of piperidine rings is 1. The van der Waals surface area contributed by atoms with Crippen LogP contribution >= 0.6 is 0 Å². The van der Waals surface area contributed by atoms with Crippen molar-refractivity contribution >= 4 is 6.09 Å². The Morgan fingerprint density at radius 2 is 1.71 bits per heavy atom. The Kier molecular flexibility index (Phi) is 5.59. The Bertz CT molecular complexity index is 561. The van der Waals surface area contributed by atoms with Crippen LogP contribution in [0.25, 0.3) is 0 Å². The van der Waals surface area contributed by atoms with Crippen molar-refractivity contribution in [2.75, 3.05) is 27.3 Å². The molecule has 2 N–H and O–H groups in total. The number of likely N-dealkylation sites (tertiary alicyclic amines) is 1. The molecule has 0 spiro atoms. The van der Waals surface area contributed by atoms with Crippen molar-refractivity contribution in [3.63, 3.8) is 0 Å². The van der Waals surface area contributed by atoms with E-state index in [1.165, 1.54) is 0 Å². The molecule has 134 valence electrons. The third-order valence-corrected chi connectivity index (χ3v) is 3.98. The van der Waals surface area contributed by atoms with Crippen LogP contribution in [0.5, 0.6) is 11.5 Å². The molecule has 1 aliphatic rings. The fraction of sp³-hybridized carbons (Fsp3) is 0.611. The molecule has 6 heteroatoms. The number of nitrogens with zero attached hydrogens (tertiary/aromatic N) is 1. The van der Waals surface area contributed by atoms with Gasteiger partial charge in [-0.05, 0) is 44.9 Å². The van der Waals surface area contributed by atoms with Gasteiger partial charge in [-0.3, -0.25) is 0 Å². The number of methoxy groups -OCH3 is 2. The van der Waals surface area contributed by atoms with Crippen molar-refractivity contribution in [2.24, 2.45) is 5.73 Å². The normalized spacial score (nSPS) is 21.3. The number of rotatable bonds is 3. The Balaban J connectivity index is 2.20. The van der Waals surface area contributed by atoms with Crippen LogP contribution in [0.2, 0.25) is 0 Å². The van der Waals surface area contributed by atoms with Crippen molar-refractivity contribution in [3.8, 4) is 11.5 Å². The Morgan fingerprint density at radius 1 is 1.12 bits per heavy atom. The highest BCUT2D eigenvalue weighted by Gasteiger charge is 2.32. The molecule has 1 amide bonds. The largest absolute Gasteiger partial charge is 0.497 e. The van der Waals surface area contributed by atoms with Gasteiger partial charge in [-0.15, -0.1) is 0 Å². The first-order valence-corrected chi connectivity index (χ1v) is 8.18. The molecule has 1 aromatic carbocycles. The minimum Gasteiger partial charge on any atom is -0.497 e. The summed E-state index contributed by atoms with van der Waals surface area (Å²) in [4.78, 5) is 14.1. The van der Waals surface area contributed by atoms with Crippen LogP contribution in [0.4, 0.5) is 4.79 Å². The molecular formula is C18H28N2O4. The lowest BCUT2D eigenvalue weighted by molar-refractivity contribution is 0.0180. The van der Waals surface area contributed by atoms with Gasteiger partial charge < -0.3 is 24.8 Å². The summed E-state index contributed by atoms with van der Waals surface area (Å²) in [5.74, 6) is 1.57. The molecule has 24 heavy (non-hydrogen) atoms. The molecule has 1 saturated heterocycles. The summed E-state index contributed by atoms with van der Waals surface area (Å²) in [6.45, 7) is 6.66. The highest BCUT2D eigenvalue weighted by molar-refractivity contribution is 5.68. The predicted molar refractivity (Wildman–Crippen MR) is 92.7 cm³/mol. The smallest absolute Gasteiger partial charge is 0.410 e. The van der Waals surface area contributed by atoms with E-state index in [9.17, 15) is 4.79 Å². The number of carbonyl (C=O) groups is 1. The zero-order chi connectivity index (χ0) is 17.9. The molecule has 1 heterocycles. The number of benzene rings is 1. The minimum absolute atomic E-state index is 0.0894. The summed E-state index contributed by atoms with van der Waals surface area (Å²) in [5, 5.41) is 0. The molecule has 2 rings (SSSR count). The van der Waals surface area contributed by atoms with Crippen LogP contribution in [-0.2, 0) is 4.74 Å². The van der Waals surface area contributed by atoms with Crippen LogP contribution in [0.15, 0.2) is 18.2 Å². The Labute approximate surface area is 143 Å². The van der Waals surface area contributed by atoms with Gasteiger partial charge in [0.2, 0.25) is 0 Å². The van der Waals surface area contributed by atoms with Crippen molar-refractivity contribution < 1.29 is 19.0 Å². The van der Waals surface area contributed by atoms with Crippen molar-refractivity contribution in [2.45, 2.75) is 44.8 Å². The Hall–Kier alpha value is -1.95. The molecule has 0 bridgehead atoms. The molecular weight excluding hydrogens is 308 g/mol. The van der Waals surface area contributed by atoms with Crippen molar-refractivity contribution in [1.29, 1.82) is 0 Å². The van der Waals surface area contributed by atoms with Crippen LogP contribution < -0.4 is 15.2 Å². The van der Waals surface area contributed by atoms with Crippen LogP contribution in [0.3, 0.4) is 0 Å². The van der Waals surface area contributed by atoms with E-state index in [0.29, 0.717) is 13.1 Å². The van der Waals surface area contributed by atoms with Crippen LogP contribution in [0.1, 0.15) is 38.7 Å². The molecule has 0 unspecified atom stereocenters.